The number of aromatic nitrogens is 2. The maximum Gasteiger partial charge on any atom is 0.266 e. The number of amides is 5. The van der Waals surface area contributed by atoms with E-state index in [4.69, 9.17) is 50.2 Å². The molecule has 6 aromatic rings. The molecule has 1 fully saturated rings. The van der Waals surface area contributed by atoms with Crippen LogP contribution in [0.3, 0.4) is 0 Å². The van der Waals surface area contributed by atoms with Crippen molar-refractivity contribution in [2.75, 3.05) is 59.5 Å². The second kappa shape index (κ2) is 20.8. The van der Waals surface area contributed by atoms with Gasteiger partial charge in [-0.05, 0) is 73.5 Å². The van der Waals surface area contributed by atoms with E-state index in [0.717, 1.165) is 4.90 Å². The summed E-state index contributed by atoms with van der Waals surface area (Å²) < 4.78 is 40.6. The van der Waals surface area contributed by atoms with Crippen molar-refractivity contribution in [2.24, 2.45) is 5.73 Å². The van der Waals surface area contributed by atoms with Gasteiger partial charge in [0.05, 0.1) is 79.8 Å². The fourth-order valence-corrected chi connectivity index (χ4v) is 7.93. The highest BCUT2D eigenvalue weighted by molar-refractivity contribution is 6.33. The number of imidazole rings is 1. The Kier molecular flexibility index (Phi) is 14.4. The Morgan fingerprint density at radius 1 is 0.791 bits per heavy atom. The summed E-state index contributed by atoms with van der Waals surface area (Å²) in [7, 11) is 0. The summed E-state index contributed by atoms with van der Waals surface area (Å²) in [5.41, 5.74) is 9.02. The molecule has 1 atom stereocenters. The number of nitrogens with one attached hydrogen (secondary N) is 2. The molecule has 2 aliphatic heterocycles. The normalized spacial score (nSPS) is 14.7. The minimum Gasteiger partial charge on any atom is -0.493 e. The Bertz CT molecular complexity index is 2920. The molecule has 1 saturated heterocycles. The molecule has 5 amide bonds. The summed E-state index contributed by atoms with van der Waals surface area (Å²) in [4.78, 5) is 84.1. The zero-order valence-electron chi connectivity index (χ0n) is 36.1. The minimum absolute atomic E-state index is 0.0297. The van der Waals surface area contributed by atoms with Crippen molar-refractivity contribution in [1.82, 2.24) is 20.2 Å². The van der Waals surface area contributed by atoms with Gasteiger partial charge in [-0.3, -0.25) is 39.0 Å². The van der Waals surface area contributed by atoms with Crippen molar-refractivity contribution in [3.63, 3.8) is 0 Å². The van der Waals surface area contributed by atoms with E-state index in [0.29, 0.717) is 76.3 Å². The Balaban J connectivity index is 0.765. The maximum absolute atomic E-state index is 13.6. The summed E-state index contributed by atoms with van der Waals surface area (Å²) in [5.74, 6) is -1.64. The third kappa shape index (κ3) is 10.4. The molecule has 0 aliphatic carbocycles. The van der Waals surface area contributed by atoms with Crippen LogP contribution in [-0.2, 0) is 23.8 Å². The van der Waals surface area contributed by atoms with Crippen molar-refractivity contribution in [1.29, 1.82) is 0 Å². The van der Waals surface area contributed by atoms with E-state index in [2.05, 4.69) is 15.3 Å². The molecule has 1 unspecified atom stereocenters. The van der Waals surface area contributed by atoms with Crippen LogP contribution in [0.4, 0.5) is 0 Å². The average Bonchev–Trinajstić information content (AvgIpc) is 3.94. The first kappa shape index (κ1) is 46.2. The molecule has 67 heavy (non-hydrogen) atoms. The molecule has 4 aromatic carbocycles. The first-order valence-electron chi connectivity index (χ1n) is 21.3. The predicted molar refractivity (Wildman–Crippen MR) is 242 cm³/mol. The van der Waals surface area contributed by atoms with E-state index < -0.39 is 35.6 Å². The van der Waals surface area contributed by atoms with Gasteiger partial charge < -0.3 is 43.6 Å². The number of hydrogen-bond donors (Lipinski definition) is 3. The van der Waals surface area contributed by atoms with Crippen molar-refractivity contribution in [3.05, 3.63) is 117 Å². The SMILES string of the molecule is CCOc1cc2oc(-c3ccc(OCCOCCOCCOCCOc4cccc5c4C(=O)N(C4CCC(=O)NC4=O)C5=O)cc3Cl)cc(=O)c2cc1-c1cc(C(N)=O)cc(-c2c[nH]cn2)c1. The van der Waals surface area contributed by atoms with Crippen LogP contribution in [-0.4, -0.2) is 110 Å². The molecule has 18 nitrogen and oxygen atoms in total. The number of rotatable bonds is 21. The van der Waals surface area contributed by atoms with Gasteiger partial charge in [-0.25, -0.2) is 4.98 Å². The van der Waals surface area contributed by atoms with Crippen LogP contribution in [0.25, 0.3) is 44.7 Å². The van der Waals surface area contributed by atoms with Crippen molar-refractivity contribution in [3.8, 4) is 51.0 Å². The van der Waals surface area contributed by atoms with Crippen LogP contribution in [0.15, 0.2) is 94.5 Å². The van der Waals surface area contributed by atoms with Gasteiger partial charge >= 0.3 is 0 Å². The van der Waals surface area contributed by atoms with Crippen molar-refractivity contribution >= 4 is 52.1 Å². The number of piperidine rings is 1. The average molecular weight is 934 g/mol. The Labute approximate surface area is 387 Å². The number of halogens is 1. The highest BCUT2D eigenvalue weighted by Gasteiger charge is 2.46. The molecule has 346 valence electrons. The fraction of sp³-hybridized carbons (Fsp3) is 0.271. The molecule has 8 rings (SSSR count). The third-order valence-electron chi connectivity index (χ3n) is 10.8. The second-order valence-corrected chi connectivity index (χ2v) is 15.6. The van der Waals surface area contributed by atoms with Crippen LogP contribution >= 0.6 is 11.6 Å². The molecule has 4 heterocycles. The largest absolute Gasteiger partial charge is 0.493 e. The molecule has 0 bridgehead atoms. The van der Waals surface area contributed by atoms with Crippen LogP contribution < -0.4 is 30.7 Å². The monoisotopic (exact) mass is 933 g/mol. The Morgan fingerprint density at radius 2 is 1.52 bits per heavy atom. The van der Waals surface area contributed by atoms with Gasteiger partial charge in [0, 0.05) is 47.0 Å². The number of hydrogen-bond acceptors (Lipinski definition) is 14. The number of benzene rings is 4. The van der Waals surface area contributed by atoms with Gasteiger partial charge in [-0.2, -0.15) is 0 Å². The van der Waals surface area contributed by atoms with Gasteiger partial charge in [0.25, 0.3) is 11.8 Å². The van der Waals surface area contributed by atoms with Gasteiger partial charge in [0.1, 0.15) is 47.8 Å². The molecule has 2 aromatic heterocycles. The summed E-state index contributed by atoms with van der Waals surface area (Å²) in [6.45, 7) is 4.15. The molecule has 19 heteroatoms. The van der Waals surface area contributed by atoms with E-state index in [9.17, 15) is 28.8 Å². The minimum atomic E-state index is -1.07. The molecule has 4 N–H and O–H groups in total. The predicted octanol–water partition coefficient (Wildman–Crippen LogP) is 5.58. The van der Waals surface area contributed by atoms with Crippen LogP contribution in [0.5, 0.6) is 17.2 Å². The van der Waals surface area contributed by atoms with Gasteiger partial charge in [0.15, 0.2) is 5.43 Å². The summed E-state index contributed by atoms with van der Waals surface area (Å²) >= 11 is 6.68. The van der Waals surface area contributed by atoms with E-state index in [1.165, 1.54) is 18.5 Å². The van der Waals surface area contributed by atoms with Gasteiger partial charge in [0.2, 0.25) is 17.7 Å². The molecule has 0 spiro atoms. The lowest BCUT2D eigenvalue weighted by Crippen LogP contribution is -2.54. The number of nitrogens with two attached hydrogens (primary N) is 1. The summed E-state index contributed by atoms with van der Waals surface area (Å²) in [5, 5.41) is 2.77. The molecular weight excluding hydrogens is 890 g/mol. The maximum atomic E-state index is 13.6. The topological polar surface area (TPSA) is 241 Å². The first-order valence-corrected chi connectivity index (χ1v) is 21.7. The number of imide groups is 2. The second-order valence-electron chi connectivity index (χ2n) is 15.2. The van der Waals surface area contributed by atoms with E-state index >= 15 is 0 Å². The molecular formula is C48H44ClN5O13. The van der Waals surface area contributed by atoms with E-state index in [1.54, 1.807) is 60.8 Å². The smallest absolute Gasteiger partial charge is 0.266 e. The summed E-state index contributed by atoms with van der Waals surface area (Å²) in [6.07, 6.45) is 3.32. The zero-order chi connectivity index (χ0) is 47.0. The lowest BCUT2D eigenvalue weighted by molar-refractivity contribution is -0.136. The number of nitrogens with zero attached hydrogens (tertiary/aromatic N) is 2. The number of carbonyl (C=O) groups excluding carboxylic acids is 5. The number of H-pyrrole nitrogens is 1. The lowest BCUT2D eigenvalue weighted by Gasteiger charge is -2.27. The lowest BCUT2D eigenvalue weighted by atomic mass is 9.96. The van der Waals surface area contributed by atoms with Crippen molar-refractivity contribution < 1.29 is 56.8 Å². The number of fused-ring (bicyclic) bond motifs is 2. The number of ether oxygens (including phenoxy) is 6. The zero-order valence-corrected chi connectivity index (χ0v) is 36.9. The van der Waals surface area contributed by atoms with Crippen LogP contribution in [0, 0.1) is 0 Å². The summed E-state index contributed by atoms with van der Waals surface area (Å²) in [6, 6.07) is 18.4. The van der Waals surface area contributed by atoms with Crippen LogP contribution in [0.2, 0.25) is 5.02 Å². The quantitative estimate of drug-likeness (QED) is 0.0590. The van der Waals surface area contributed by atoms with E-state index in [-0.39, 0.29) is 85.1 Å². The number of aromatic amines is 1. The third-order valence-corrected chi connectivity index (χ3v) is 11.1. The highest BCUT2D eigenvalue weighted by Crippen LogP contribution is 2.39. The van der Waals surface area contributed by atoms with Gasteiger partial charge in [-0.15, -0.1) is 0 Å². The van der Waals surface area contributed by atoms with Crippen molar-refractivity contribution in [2.45, 2.75) is 25.8 Å². The molecule has 2 aliphatic rings. The number of primary amides is 1. The first-order chi connectivity index (χ1) is 32.5. The standard InChI is InChI=1S/C48H44ClN5O13/c1-2-64-40-24-42-34(22-33(40)27-18-28(36-25-51-26-52-36)20-29(19-27)45(50)57)38(55)23-41(67-42)31-7-6-30(21-35(31)49)65-16-14-62-12-10-61-11-13-63-15-17-66-39-5-3-4-32-44(39)48(60)54(47(32)59)37-8-9-43(56)53-46(37)58/h3-7,18-26,37H,2,8-17H2,1H3,(H2,50,57)(H,51,52)(H,53,56,58). The highest BCUT2D eigenvalue weighted by atomic mass is 35.5. The fourth-order valence-electron chi connectivity index (χ4n) is 7.67. The molecule has 0 radical (unpaired) electrons. The van der Waals surface area contributed by atoms with E-state index in [1.807, 2.05) is 13.0 Å². The van der Waals surface area contributed by atoms with Crippen LogP contribution in [0.1, 0.15) is 50.8 Å². The molecule has 0 saturated carbocycles. The number of carbonyl (C=O) groups is 5. The Hall–Kier alpha value is -7.38. The van der Waals surface area contributed by atoms with Gasteiger partial charge in [-0.1, -0.05) is 17.7 Å². The Morgan fingerprint density at radius 3 is 2.21 bits per heavy atom.